The molecule has 0 radical (unpaired) electrons. The Morgan fingerprint density at radius 1 is 1.40 bits per heavy atom. The topological polar surface area (TPSA) is 29.5 Å². The van der Waals surface area contributed by atoms with Gasteiger partial charge in [0.1, 0.15) is 0 Å². The van der Waals surface area contributed by atoms with E-state index in [4.69, 9.17) is 4.74 Å². The molecule has 1 fully saturated rings. The summed E-state index contributed by atoms with van der Waals surface area (Å²) in [6, 6.07) is 6.41. The van der Waals surface area contributed by atoms with Crippen molar-refractivity contribution in [3.8, 4) is 0 Å². The van der Waals surface area contributed by atoms with Crippen molar-refractivity contribution in [1.29, 1.82) is 0 Å². The van der Waals surface area contributed by atoms with Crippen molar-refractivity contribution in [3.63, 3.8) is 0 Å². The average molecular weight is 206 g/mol. The van der Waals surface area contributed by atoms with Gasteiger partial charge in [0, 0.05) is 19.1 Å². The maximum atomic E-state index is 9.28. The Balaban J connectivity index is 2.31. The maximum absolute atomic E-state index is 9.28. The summed E-state index contributed by atoms with van der Waals surface area (Å²) in [7, 11) is 0. The van der Waals surface area contributed by atoms with Gasteiger partial charge in [-0.15, -0.1) is 0 Å². The Hall–Kier alpha value is -0.860. The Bertz CT molecular complexity index is 346. The molecular formula is C13H18O2. The van der Waals surface area contributed by atoms with Gasteiger partial charge in [0.15, 0.2) is 0 Å². The lowest BCUT2D eigenvalue weighted by atomic mass is 9.92. The van der Waals surface area contributed by atoms with Gasteiger partial charge in [0.05, 0.1) is 6.10 Å². The molecule has 2 atom stereocenters. The smallest absolute Gasteiger partial charge is 0.0878 e. The summed E-state index contributed by atoms with van der Waals surface area (Å²) in [5, 5.41) is 9.28. The van der Waals surface area contributed by atoms with Crippen LogP contribution in [0.25, 0.3) is 0 Å². The molecule has 1 saturated heterocycles. The number of rotatable bonds is 2. The number of ether oxygens (including phenoxy) is 1. The van der Waals surface area contributed by atoms with Crippen LogP contribution in [-0.2, 0) is 4.74 Å². The summed E-state index contributed by atoms with van der Waals surface area (Å²) in [6.45, 7) is 5.18. The minimum absolute atomic E-state index is 0.0925. The Labute approximate surface area is 90.9 Å². The third-order valence-corrected chi connectivity index (χ3v) is 3.19. The van der Waals surface area contributed by atoms with Gasteiger partial charge in [-0.05, 0) is 31.4 Å². The Kier molecular flexibility index (Phi) is 3.08. The zero-order valence-electron chi connectivity index (χ0n) is 9.36. The monoisotopic (exact) mass is 206 g/mol. The molecule has 0 aliphatic carbocycles. The van der Waals surface area contributed by atoms with Crippen LogP contribution in [0.2, 0.25) is 0 Å². The fourth-order valence-corrected chi connectivity index (χ4v) is 2.23. The first-order valence-electron chi connectivity index (χ1n) is 5.52. The SMILES string of the molecule is Cc1ccc(C)c(C2OCCC2CO)c1. The highest BCUT2D eigenvalue weighted by Gasteiger charge is 2.29. The van der Waals surface area contributed by atoms with Crippen LogP contribution in [0.3, 0.4) is 0 Å². The van der Waals surface area contributed by atoms with Crippen LogP contribution in [0.5, 0.6) is 0 Å². The maximum Gasteiger partial charge on any atom is 0.0878 e. The molecule has 2 unspecified atom stereocenters. The number of hydrogen-bond acceptors (Lipinski definition) is 2. The Morgan fingerprint density at radius 3 is 2.93 bits per heavy atom. The molecule has 1 aliphatic rings. The molecule has 0 spiro atoms. The van der Waals surface area contributed by atoms with Gasteiger partial charge in [-0.3, -0.25) is 0 Å². The number of hydrogen-bond donors (Lipinski definition) is 1. The largest absolute Gasteiger partial charge is 0.396 e. The second-order valence-electron chi connectivity index (χ2n) is 4.38. The zero-order valence-corrected chi connectivity index (χ0v) is 9.36. The number of aryl methyl sites for hydroxylation is 2. The van der Waals surface area contributed by atoms with Gasteiger partial charge in [0.25, 0.3) is 0 Å². The number of aliphatic hydroxyl groups excluding tert-OH is 1. The van der Waals surface area contributed by atoms with Crippen LogP contribution in [0.15, 0.2) is 18.2 Å². The zero-order chi connectivity index (χ0) is 10.8. The van der Waals surface area contributed by atoms with E-state index in [1.807, 2.05) is 0 Å². The summed E-state index contributed by atoms with van der Waals surface area (Å²) in [6.07, 6.45) is 1.06. The van der Waals surface area contributed by atoms with Gasteiger partial charge in [-0.2, -0.15) is 0 Å². The standard InChI is InChI=1S/C13H18O2/c1-9-3-4-10(2)12(7-9)13-11(8-14)5-6-15-13/h3-4,7,11,13-14H,5-6,8H2,1-2H3. The third kappa shape index (κ3) is 2.06. The van der Waals surface area contributed by atoms with E-state index in [1.165, 1.54) is 16.7 Å². The van der Waals surface area contributed by atoms with Crippen molar-refractivity contribution in [2.75, 3.05) is 13.2 Å². The molecular weight excluding hydrogens is 188 g/mol. The molecule has 2 nitrogen and oxygen atoms in total. The van der Waals surface area contributed by atoms with Gasteiger partial charge >= 0.3 is 0 Å². The minimum Gasteiger partial charge on any atom is -0.396 e. The van der Waals surface area contributed by atoms with Gasteiger partial charge in [-0.1, -0.05) is 23.8 Å². The highest BCUT2D eigenvalue weighted by atomic mass is 16.5. The molecule has 1 N–H and O–H groups in total. The van der Waals surface area contributed by atoms with E-state index in [0.717, 1.165) is 13.0 Å². The average Bonchev–Trinajstić information content (AvgIpc) is 2.69. The van der Waals surface area contributed by atoms with Crippen LogP contribution < -0.4 is 0 Å². The quantitative estimate of drug-likeness (QED) is 0.805. The molecule has 82 valence electrons. The van der Waals surface area contributed by atoms with Gasteiger partial charge < -0.3 is 9.84 Å². The first-order valence-corrected chi connectivity index (χ1v) is 5.52. The highest BCUT2D eigenvalue weighted by Crippen LogP contribution is 2.35. The molecule has 0 saturated carbocycles. The van der Waals surface area contributed by atoms with Crippen LogP contribution in [0.4, 0.5) is 0 Å². The van der Waals surface area contributed by atoms with E-state index in [-0.39, 0.29) is 18.6 Å². The van der Waals surface area contributed by atoms with E-state index in [1.54, 1.807) is 0 Å². The fraction of sp³-hybridized carbons (Fsp3) is 0.538. The van der Waals surface area contributed by atoms with Gasteiger partial charge in [-0.25, -0.2) is 0 Å². The van der Waals surface area contributed by atoms with Gasteiger partial charge in [0.2, 0.25) is 0 Å². The molecule has 0 bridgehead atoms. The first kappa shape index (κ1) is 10.7. The summed E-state index contributed by atoms with van der Waals surface area (Å²) < 4.78 is 5.72. The first-order chi connectivity index (χ1) is 7.22. The van der Waals surface area contributed by atoms with E-state index >= 15 is 0 Å². The normalized spacial score (nSPS) is 25.8. The fourth-order valence-electron chi connectivity index (χ4n) is 2.23. The van der Waals surface area contributed by atoms with Crippen molar-refractivity contribution < 1.29 is 9.84 Å². The van der Waals surface area contributed by atoms with Crippen molar-refractivity contribution in [3.05, 3.63) is 34.9 Å². The van der Waals surface area contributed by atoms with Crippen LogP contribution in [0, 0.1) is 19.8 Å². The second-order valence-corrected chi connectivity index (χ2v) is 4.38. The molecule has 1 aliphatic heterocycles. The van der Waals surface area contributed by atoms with Crippen molar-refractivity contribution in [2.45, 2.75) is 26.4 Å². The lowest BCUT2D eigenvalue weighted by molar-refractivity contribution is 0.0716. The summed E-state index contributed by atoms with van der Waals surface area (Å²) in [4.78, 5) is 0. The lowest BCUT2D eigenvalue weighted by Crippen LogP contribution is -2.12. The second kappa shape index (κ2) is 4.33. The van der Waals surface area contributed by atoms with Crippen molar-refractivity contribution in [1.82, 2.24) is 0 Å². The predicted octanol–water partition coefficient (Wildman–Crippen LogP) is 2.37. The van der Waals surface area contributed by atoms with Crippen LogP contribution in [-0.4, -0.2) is 18.3 Å². The number of aliphatic hydroxyl groups is 1. The molecule has 15 heavy (non-hydrogen) atoms. The third-order valence-electron chi connectivity index (χ3n) is 3.19. The Morgan fingerprint density at radius 2 is 2.20 bits per heavy atom. The molecule has 0 aromatic heterocycles. The van der Waals surface area contributed by atoms with E-state index in [0.29, 0.717) is 0 Å². The highest BCUT2D eigenvalue weighted by molar-refractivity contribution is 5.33. The molecule has 2 rings (SSSR count). The lowest BCUT2D eigenvalue weighted by Gasteiger charge is -2.19. The summed E-state index contributed by atoms with van der Waals surface area (Å²) in [5.74, 6) is 0.269. The summed E-state index contributed by atoms with van der Waals surface area (Å²) in [5.41, 5.74) is 3.75. The van der Waals surface area contributed by atoms with Crippen LogP contribution in [0.1, 0.15) is 29.2 Å². The minimum atomic E-state index is 0.0925. The number of benzene rings is 1. The molecule has 1 aromatic rings. The van der Waals surface area contributed by atoms with Crippen molar-refractivity contribution >= 4 is 0 Å². The molecule has 1 aromatic carbocycles. The molecule has 1 heterocycles. The van der Waals surface area contributed by atoms with Crippen molar-refractivity contribution in [2.24, 2.45) is 5.92 Å². The van der Waals surface area contributed by atoms with E-state index < -0.39 is 0 Å². The van der Waals surface area contributed by atoms with Crippen LogP contribution >= 0.6 is 0 Å². The van der Waals surface area contributed by atoms with E-state index in [2.05, 4.69) is 32.0 Å². The summed E-state index contributed by atoms with van der Waals surface area (Å²) >= 11 is 0. The molecule has 0 amide bonds. The van der Waals surface area contributed by atoms with E-state index in [9.17, 15) is 5.11 Å². The molecule has 2 heteroatoms. The predicted molar refractivity (Wildman–Crippen MR) is 59.8 cm³/mol.